The first kappa shape index (κ1) is 26.1. The van der Waals surface area contributed by atoms with Gasteiger partial charge in [0.25, 0.3) is 0 Å². The van der Waals surface area contributed by atoms with Crippen molar-refractivity contribution in [3.63, 3.8) is 0 Å². The number of carbonyl (C=O) groups excluding carboxylic acids is 2. The zero-order chi connectivity index (χ0) is 27.7. The van der Waals surface area contributed by atoms with Crippen LogP contribution >= 0.6 is 0 Å². The van der Waals surface area contributed by atoms with Crippen molar-refractivity contribution < 1.29 is 33.7 Å². The maximum atomic E-state index is 12.9. The van der Waals surface area contributed by atoms with E-state index in [1.807, 2.05) is 48.5 Å². The second-order valence-corrected chi connectivity index (χ2v) is 10.5. The highest BCUT2D eigenvalue weighted by Gasteiger charge is 2.30. The van der Waals surface area contributed by atoms with E-state index in [1.165, 1.54) is 17.0 Å². The summed E-state index contributed by atoms with van der Waals surface area (Å²) in [6.07, 6.45) is -1.29. The van der Waals surface area contributed by atoms with Crippen LogP contribution in [0.15, 0.2) is 60.7 Å². The average molecular weight is 531 g/mol. The monoisotopic (exact) mass is 530 g/mol. The third kappa shape index (κ3) is 5.52. The first-order chi connectivity index (χ1) is 18.6. The fourth-order valence-electron chi connectivity index (χ4n) is 4.94. The van der Waals surface area contributed by atoms with E-state index in [2.05, 4.69) is 5.32 Å². The number of ether oxygens (including phenoxy) is 3. The first-order valence-electron chi connectivity index (χ1n) is 12.7. The van der Waals surface area contributed by atoms with E-state index in [-0.39, 0.29) is 43.5 Å². The molecular weight excluding hydrogens is 500 g/mol. The molecule has 0 radical (unpaired) electrons. The van der Waals surface area contributed by atoms with E-state index in [0.29, 0.717) is 11.3 Å². The molecule has 9 nitrogen and oxygen atoms in total. The van der Waals surface area contributed by atoms with Gasteiger partial charge in [0.05, 0.1) is 24.3 Å². The van der Waals surface area contributed by atoms with Gasteiger partial charge in [-0.05, 0) is 55.2 Å². The van der Waals surface area contributed by atoms with Crippen LogP contribution in [0.1, 0.15) is 53.7 Å². The van der Waals surface area contributed by atoms with Crippen LogP contribution < -0.4 is 10.1 Å². The zero-order valence-corrected chi connectivity index (χ0v) is 22.0. The Hall–Kier alpha value is -4.53. The molecule has 2 amide bonds. The number of aromatic carboxylic acids is 1. The van der Waals surface area contributed by atoms with E-state index in [0.717, 1.165) is 22.3 Å². The smallest absolute Gasteiger partial charge is 0.411 e. The summed E-state index contributed by atoms with van der Waals surface area (Å²) in [5.74, 6) is -1.04. The number of amides is 2. The first-order valence-corrected chi connectivity index (χ1v) is 12.7. The number of hydrogen-bond donors (Lipinski definition) is 2. The third-order valence-electron chi connectivity index (χ3n) is 6.64. The molecule has 39 heavy (non-hydrogen) atoms. The van der Waals surface area contributed by atoms with Gasteiger partial charge in [-0.2, -0.15) is 0 Å². The number of carboxylic acid groups (broad SMARTS) is 1. The minimum absolute atomic E-state index is 0.0492. The van der Waals surface area contributed by atoms with Gasteiger partial charge in [0.2, 0.25) is 0 Å². The third-order valence-corrected chi connectivity index (χ3v) is 6.64. The van der Waals surface area contributed by atoms with Crippen molar-refractivity contribution >= 4 is 23.8 Å². The summed E-state index contributed by atoms with van der Waals surface area (Å²) in [4.78, 5) is 39.1. The Bertz CT molecular complexity index is 1400. The lowest BCUT2D eigenvalue weighted by atomic mass is 9.98. The van der Waals surface area contributed by atoms with Crippen molar-refractivity contribution in [2.75, 3.05) is 25.1 Å². The molecule has 202 valence electrons. The largest absolute Gasteiger partial charge is 0.491 e. The van der Waals surface area contributed by atoms with Gasteiger partial charge in [-0.15, -0.1) is 0 Å². The van der Waals surface area contributed by atoms with E-state index < -0.39 is 23.8 Å². The Kier molecular flexibility index (Phi) is 6.91. The summed E-state index contributed by atoms with van der Waals surface area (Å²) < 4.78 is 16.8. The molecule has 1 aliphatic carbocycles. The molecule has 0 spiro atoms. The van der Waals surface area contributed by atoms with Crippen LogP contribution in [0, 0.1) is 0 Å². The normalized spacial score (nSPS) is 14.3. The highest BCUT2D eigenvalue weighted by Crippen LogP contribution is 2.44. The van der Waals surface area contributed by atoms with Crippen molar-refractivity contribution in [3.8, 4) is 16.9 Å². The molecule has 5 rings (SSSR count). The number of benzene rings is 3. The number of nitrogens with one attached hydrogen (secondary N) is 1. The predicted molar refractivity (Wildman–Crippen MR) is 144 cm³/mol. The molecule has 0 aromatic heterocycles. The fraction of sp³-hybridized carbons (Fsp3) is 0.300. The number of nitrogens with zero attached hydrogens (tertiary/aromatic N) is 1. The molecule has 3 aromatic rings. The van der Waals surface area contributed by atoms with Gasteiger partial charge in [0, 0.05) is 11.5 Å². The van der Waals surface area contributed by atoms with Gasteiger partial charge < -0.3 is 24.2 Å². The average Bonchev–Trinajstić information content (AvgIpc) is 3.04. The molecule has 3 aromatic carbocycles. The van der Waals surface area contributed by atoms with Crippen LogP contribution in [0.4, 0.5) is 15.3 Å². The summed E-state index contributed by atoms with van der Waals surface area (Å²) in [5, 5.41) is 12.4. The standard InChI is InChI=1S/C30H30N2O7/c1-30(2,3)39-29(36)32-12-13-37-26-15-23(27(33)34)25(14-18(26)16-32)31-28(35)38-17-24-21-10-6-4-8-19(21)20-9-5-7-11-22(20)24/h4-11,14-15,24H,12-13,16-17H2,1-3H3,(H,31,35)(H,33,34). The number of fused-ring (bicyclic) bond motifs is 4. The minimum Gasteiger partial charge on any atom is -0.491 e. The lowest BCUT2D eigenvalue weighted by Gasteiger charge is -2.26. The molecular formula is C30H30N2O7. The van der Waals surface area contributed by atoms with Gasteiger partial charge in [-0.1, -0.05) is 48.5 Å². The molecule has 2 N–H and O–H groups in total. The Balaban J connectivity index is 1.34. The second-order valence-electron chi connectivity index (χ2n) is 10.5. The maximum absolute atomic E-state index is 12.9. The summed E-state index contributed by atoms with van der Waals surface area (Å²) in [6.45, 7) is 5.99. The molecule has 0 unspecified atom stereocenters. The molecule has 1 heterocycles. The summed E-state index contributed by atoms with van der Waals surface area (Å²) >= 11 is 0. The Morgan fingerprint density at radius 2 is 1.67 bits per heavy atom. The van der Waals surface area contributed by atoms with Crippen molar-refractivity contribution in [2.24, 2.45) is 0 Å². The van der Waals surface area contributed by atoms with Crippen LogP contribution in [0.25, 0.3) is 11.1 Å². The quantitative estimate of drug-likeness (QED) is 0.433. The highest BCUT2D eigenvalue weighted by molar-refractivity contribution is 5.99. The molecule has 0 saturated heterocycles. The zero-order valence-electron chi connectivity index (χ0n) is 22.0. The van der Waals surface area contributed by atoms with Gasteiger partial charge in [-0.3, -0.25) is 5.32 Å². The van der Waals surface area contributed by atoms with Crippen molar-refractivity contribution in [1.82, 2.24) is 4.90 Å². The number of carbonyl (C=O) groups is 3. The SMILES string of the molecule is CC(C)(C)OC(=O)N1CCOc2cc(C(=O)O)c(NC(=O)OCC3c4ccccc4-c4ccccc43)cc2C1. The van der Waals surface area contributed by atoms with E-state index >= 15 is 0 Å². The molecule has 2 aliphatic rings. The Morgan fingerprint density at radius 1 is 1.03 bits per heavy atom. The van der Waals surface area contributed by atoms with E-state index in [9.17, 15) is 19.5 Å². The second kappa shape index (κ2) is 10.3. The van der Waals surface area contributed by atoms with Crippen molar-refractivity contribution in [1.29, 1.82) is 0 Å². The predicted octanol–water partition coefficient (Wildman–Crippen LogP) is 5.88. The highest BCUT2D eigenvalue weighted by atomic mass is 16.6. The fourth-order valence-corrected chi connectivity index (χ4v) is 4.94. The van der Waals surface area contributed by atoms with Crippen LogP contribution in [-0.4, -0.2) is 53.5 Å². The van der Waals surface area contributed by atoms with Crippen LogP contribution in [0.5, 0.6) is 5.75 Å². The topological polar surface area (TPSA) is 114 Å². The number of rotatable bonds is 4. The Labute approximate surface area is 226 Å². The van der Waals surface area contributed by atoms with Gasteiger partial charge in [0.15, 0.2) is 0 Å². The molecule has 0 saturated carbocycles. The summed E-state index contributed by atoms with van der Waals surface area (Å²) in [5.41, 5.74) is 4.13. The summed E-state index contributed by atoms with van der Waals surface area (Å²) in [6, 6.07) is 18.9. The van der Waals surface area contributed by atoms with Crippen molar-refractivity contribution in [3.05, 3.63) is 82.9 Å². The number of anilines is 1. The van der Waals surface area contributed by atoms with Gasteiger partial charge >= 0.3 is 18.2 Å². The van der Waals surface area contributed by atoms with Gasteiger partial charge in [-0.25, -0.2) is 14.4 Å². The van der Waals surface area contributed by atoms with Crippen LogP contribution in [0.2, 0.25) is 0 Å². The molecule has 0 atom stereocenters. The molecule has 0 fully saturated rings. The molecule has 0 bridgehead atoms. The lowest BCUT2D eigenvalue weighted by Crippen LogP contribution is -2.37. The van der Waals surface area contributed by atoms with E-state index in [1.54, 1.807) is 20.8 Å². The number of carboxylic acids is 1. The molecule has 1 aliphatic heterocycles. The van der Waals surface area contributed by atoms with Crippen molar-refractivity contribution in [2.45, 2.75) is 38.8 Å². The van der Waals surface area contributed by atoms with E-state index in [4.69, 9.17) is 14.2 Å². The van der Waals surface area contributed by atoms with Gasteiger partial charge in [0.1, 0.15) is 24.6 Å². The molecule has 9 heteroatoms. The minimum atomic E-state index is -1.23. The summed E-state index contributed by atoms with van der Waals surface area (Å²) in [7, 11) is 0. The number of hydrogen-bond acceptors (Lipinski definition) is 6. The maximum Gasteiger partial charge on any atom is 0.411 e. The van der Waals surface area contributed by atoms with Crippen LogP contribution in [-0.2, 0) is 16.0 Å². The Morgan fingerprint density at radius 3 is 2.28 bits per heavy atom. The van der Waals surface area contributed by atoms with Crippen LogP contribution in [0.3, 0.4) is 0 Å². The lowest BCUT2D eigenvalue weighted by molar-refractivity contribution is 0.0225.